The van der Waals surface area contributed by atoms with Crippen LogP contribution < -0.4 is 10.2 Å². The van der Waals surface area contributed by atoms with Crippen molar-refractivity contribution in [1.82, 2.24) is 5.43 Å². The number of para-hydroxylation sites is 1. The summed E-state index contributed by atoms with van der Waals surface area (Å²) < 4.78 is 15.9. The maximum atomic E-state index is 11.7. The van der Waals surface area contributed by atoms with Crippen LogP contribution in [0, 0.1) is 0 Å². The molecule has 1 aliphatic rings. The molecule has 6 nitrogen and oxygen atoms in total. The number of carbonyl (C=O) groups is 1. The van der Waals surface area contributed by atoms with Gasteiger partial charge < -0.3 is 14.2 Å². The van der Waals surface area contributed by atoms with E-state index in [2.05, 4.69) is 10.5 Å². The van der Waals surface area contributed by atoms with E-state index in [1.807, 2.05) is 54.6 Å². The summed E-state index contributed by atoms with van der Waals surface area (Å²) in [6, 6.07) is 16.9. The van der Waals surface area contributed by atoms with Crippen molar-refractivity contribution in [2.45, 2.75) is 0 Å². The first-order chi connectivity index (χ1) is 11.8. The summed E-state index contributed by atoms with van der Waals surface area (Å²) in [5.74, 6) is 1.16. The molecule has 0 spiro atoms. The molecule has 0 aliphatic carbocycles. The summed E-state index contributed by atoms with van der Waals surface area (Å²) in [4.78, 5) is 11.7. The Bertz CT molecular complexity index is 739. The van der Waals surface area contributed by atoms with Crippen LogP contribution in [0.2, 0.25) is 0 Å². The summed E-state index contributed by atoms with van der Waals surface area (Å²) >= 11 is 0. The number of benzene rings is 2. The van der Waals surface area contributed by atoms with Crippen molar-refractivity contribution in [3.63, 3.8) is 0 Å². The molecule has 0 saturated heterocycles. The molecule has 1 heterocycles. The topological polar surface area (TPSA) is 69.2 Å². The van der Waals surface area contributed by atoms with E-state index in [-0.39, 0.29) is 5.76 Å². The number of hydrogen-bond acceptors (Lipinski definition) is 5. The van der Waals surface area contributed by atoms with E-state index in [1.165, 1.54) is 12.5 Å². The largest absolute Gasteiger partial charge is 0.494 e. The van der Waals surface area contributed by atoms with Gasteiger partial charge in [-0.15, -0.1) is 0 Å². The smallest absolute Gasteiger partial charge is 0.309 e. The van der Waals surface area contributed by atoms with Gasteiger partial charge in [-0.1, -0.05) is 18.2 Å². The van der Waals surface area contributed by atoms with Gasteiger partial charge in [0.25, 0.3) is 0 Å². The number of nitrogens with zero attached hydrogens (tertiary/aromatic N) is 1. The predicted molar refractivity (Wildman–Crippen MR) is 88.7 cm³/mol. The van der Waals surface area contributed by atoms with Crippen LogP contribution >= 0.6 is 0 Å². The third-order valence-electron chi connectivity index (χ3n) is 3.11. The van der Waals surface area contributed by atoms with Crippen molar-refractivity contribution >= 4 is 12.1 Å². The highest BCUT2D eigenvalue weighted by Gasteiger charge is 2.13. The maximum Gasteiger partial charge on any atom is 0.309 e. The SMILES string of the molecule is O=C(N/N=C/c1ccc(Oc2ccccc2)cc1)C1=COCCO1. The highest BCUT2D eigenvalue weighted by Crippen LogP contribution is 2.20. The minimum Gasteiger partial charge on any atom is -0.494 e. The van der Waals surface area contributed by atoms with Crippen molar-refractivity contribution in [2.24, 2.45) is 5.10 Å². The van der Waals surface area contributed by atoms with Gasteiger partial charge in [0.05, 0.1) is 6.21 Å². The Hall–Kier alpha value is -3.28. The summed E-state index contributed by atoms with van der Waals surface area (Å²) in [7, 11) is 0. The van der Waals surface area contributed by atoms with E-state index in [4.69, 9.17) is 14.2 Å². The second-order valence-corrected chi connectivity index (χ2v) is 4.88. The van der Waals surface area contributed by atoms with Crippen LogP contribution in [-0.4, -0.2) is 25.3 Å². The molecule has 122 valence electrons. The fraction of sp³-hybridized carbons (Fsp3) is 0.111. The molecule has 1 N–H and O–H groups in total. The number of carbonyl (C=O) groups excluding carboxylic acids is 1. The Kier molecular flexibility index (Phi) is 5.09. The van der Waals surface area contributed by atoms with E-state index in [9.17, 15) is 4.79 Å². The Morgan fingerprint density at radius 1 is 1.04 bits per heavy atom. The molecule has 0 atom stereocenters. The molecule has 2 aromatic carbocycles. The second-order valence-electron chi connectivity index (χ2n) is 4.88. The van der Waals surface area contributed by atoms with Gasteiger partial charge in [0.1, 0.15) is 31.0 Å². The normalized spacial score (nSPS) is 13.6. The standard InChI is InChI=1S/C18H16N2O4/c21-18(17-13-22-10-11-23-17)20-19-12-14-6-8-16(9-7-14)24-15-4-2-1-3-5-15/h1-9,12-13H,10-11H2,(H,20,21)/b19-12+. The maximum absolute atomic E-state index is 11.7. The van der Waals surface area contributed by atoms with Gasteiger partial charge in [-0.2, -0.15) is 5.10 Å². The van der Waals surface area contributed by atoms with Crippen molar-refractivity contribution in [3.05, 3.63) is 72.2 Å². The quantitative estimate of drug-likeness (QED) is 0.678. The van der Waals surface area contributed by atoms with Gasteiger partial charge in [0.15, 0.2) is 0 Å². The monoisotopic (exact) mass is 324 g/mol. The molecule has 0 radical (unpaired) electrons. The molecule has 1 amide bonds. The second kappa shape index (κ2) is 7.82. The highest BCUT2D eigenvalue weighted by atomic mass is 16.6. The number of rotatable bonds is 5. The van der Waals surface area contributed by atoms with Gasteiger partial charge in [-0.05, 0) is 42.0 Å². The number of nitrogens with one attached hydrogen (secondary N) is 1. The third-order valence-corrected chi connectivity index (χ3v) is 3.11. The lowest BCUT2D eigenvalue weighted by Crippen LogP contribution is -2.24. The number of hydrogen-bond donors (Lipinski definition) is 1. The first-order valence-corrected chi connectivity index (χ1v) is 7.42. The molecule has 0 aromatic heterocycles. The third kappa shape index (κ3) is 4.36. The van der Waals surface area contributed by atoms with Crippen LogP contribution in [0.15, 0.2) is 71.7 Å². The van der Waals surface area contributed by atoms with Crippen molar-refractivity contribution in [3.8, 4) is 11.5 Å². The summed E-state index contributed by atoms with van der Waals surface area (Å²) in [6.07, 6.45) is 2.82. The van der Waals surface area contributed by atoms with Gasteiger partial charge >= 0.3 is 5.91 Å². The van der Waals surface area contributed by atoms with E-state index >= 15 is 0 Å². The van der Waals surface area contributed by atoms with Crippen molar-refractivity contribution in [1.29, 1.82) is 0 Å². The lowest BCUT2D eigenvalue weighted by molar-refractivity contribution is -0.122. The Labute approximate surface area is 139 Å². The minimum atomic E-state index is -0.449. The Morgan fingerprint density at radius 2 is 1.79 bits per heavy atom. The van der Waals surface area contributed by atoms with Crippen molar-refractivity contribution in [2.75, 3.05) is 13.2 Å². The summed E-state index contributed by atoms with van der Waals surface area (Å²) in [6.45, 7) is 0.795. The highest BCUT2D eigenvalue weighted by molar-refractivity contribution is 5.92. The Morgan fingerprint density at radius 3 is 2.50 bits per heavy atom. The molecule has 24 heavy (non-hydrogen) atoms. The van der Waals surface area contributed by atoms with Crippen LogP contribution in [0.5, 0.6) is 11.5 Å². The van der Waals surface area contributed by atoms with Crippen molar-refractivity contribution < 1.29 is 19.0 Å². The van der Waals surface area contributed by atoms with Gasteiger partial charge in [0.2, 0.25) is 5.76 Å². The number of hydrazone groups is 1. The predicted octanol–water partition coefficient (Wildman–Crippen LogP) is 2.82. The van der Waals surface area contributed by atoms with Crippen LogP contribution in [0.4, 0.5) is 0 Å². The lowest BCUT2D eigenvalue weighted by atomic mass is 10.2. The molecule has 6 heteroatoms. The zero-order chi connectivity index (χ0) is 16.6. The fourth-order valence-corrected chi connectivity index (χ4v) is 1.95. The van der Waals surface area contributed by atoms with Crippen LogP contribution in [0.1, 0.15) is 5.56 Å². The molecule has 0 bridgehead atoms. The molecular formula is C18H16N2O4. The molecule has 0 fully saturated rings. The van der Waals surface area contributed by atoms with E-state index in [1.54, 1.807) is 0 Å². The van der Waals surface area contributed by atoms with Crippen LogP contribution in [0.3, 0.4) is 0 Å². The minimum absolute atomic E-state index is 0.116. The molecule has 0 unspecified atom stereocenters. The molecule has 1 aliphatic heterocycles. The molecular weight excluding hydrogens is 308 g/mol. The fourth-order valence-electron chi connectivity index (χ4n) is 1.95. The zero-order valence-electron chi connectivity index (χ0n) is 12.8. The summed E-state index contributed by atoms with van der Waals surface area (Å²) in [5.41, 5.74) is 3.21. The first-order valence-electron chi connectivity index (χ1n) is 7.42. The van der Waals surface area contributed by atoms with Crippen LogP contribution in [-0.2, 0) is 14.3 Å². The average molecular weight is 324 g/mol. The molecule has 0 saturated carbocycles. The van der Waals surface area contributed by atoms with Gasteiger partial charge in [0, 0.05) is 0 Å². The molecule has 2 aromatic rings. The van der Waals surface area contributed by atoms with Gasteiger partial charge in [-0.25, -0.2) is 5.43 Å². The average Bonchev–Trinajstić information content (AvgIpc) is 2.65. The zero-order valence-corrected chi connectivity index (χ0v) is 12.8. The number of ether oxygens (including phenoxy) is 3. The van der Waals surface area contributed by atoms with E-state index in [0.717, 1.165) is 17.1 Å². The van der Waals surface area contributed by atoms with Gasteiger partial charge in [-0.3, -0.25) is 4.79 Å². The molecule has 3 rings (SSSR count). The number of amides is 1. The summed E-state index contributed by atoms with van der Waals surface area (Å²) in [5, 5.41) is 3.89. The van der Waals surface area contributed by atoms with E-state index < -0.39 is 5.91 Å². The van der Waals surface area contributed by atoms with Crippen LogP contribution in [0.25, 0.3) is 0 Å². The lowest BCUT2D eigenvalue weighted by Gasteiger charge is -2.13. The Balaban J connectivity index is 1.54. The first kappa shape index (κ1) is 15.6. The van der Waals surface area contributed by atoms with E-state index in [0.29, 0.717) is 13.2 Å².